The Bertz CT molecular complexity index is 372. The lowest BCUT2D eigenvalue weighted by atomic mass is 10.0. The van der Waals surface area contributed by atoms with Crippen molar-refractivity contribution in [3.8, 4) is 5.75 Å². The molecule has 0 spiro atoms. The number of nitrogens with one attached hydrogen (secondary N) is 1. The summed E-state index contributed by atoms with van der Waals surface area (Å²) in [5.41, 5.74) is 5.22. The Morgan fingerprint density at radius 1 is 1.33 bits per heavy atom. The minimum absolute atomic E-state index is 0.218. The van der Waals surface area contributed by atoms with Gasteiger partial charge in [0.1, 0.15) is 5.75 Å². The Hall–Kier alpha value is -1.55. The maximum absolute atomic E-state index is 5.13. The van der Waals surface area contributed by atoms with Crippen LogP contribution in [0.5, 0.6) is 5.75 Å². The zero-order chi connectivity index (χ0) is 10.8. The predicted molar refractivity (Wildman–Crippen MR) is 59.7 cm³/mol. The van der Waals surface area contributed by atoms with Crippen molar-refractivity contribution in [2.45, 2.75) is 13.0 Å². The second-order valence-corrected chi connectivity index (χ2v) is 3.64. The van der Waals surface area contributed by atoms with E-state index in [4.69, 9.17) is 4.74 Å². The zero-order valence-electron chi connectivity index (χ0n) is 9.19. The molecule has 0 amide bonds. The van der Waals surface area contributed by atoms with Gasteiger partial charge in [-0.25, -0.2) is 5.53 Å². The highest BCUT2D eigenvalue weighted by molar-refractivity contribution is 5.89. The summed E-state index contributed by atoms with van der Waals surface area (Å²) in [6.45, 7) is 2.02. The van der Waals surface area contributed by atoms with E-state index in [2.05, 4.69) is 22.8 Å². The summed E-state index contributed by atoms with van der Waals surface area (Å²) in [4.78, 5) is 0. The topological polar surface area (TPSA) is 36.9 Å². The number of nitrogens with zero attached hydrogens (tertiary/aromatic N) is 2. The van der Waals surface area contributed by atoms with Crippen molar-refractivity contribution in [2.75, 3.05) is 14.2 Å². The van der Waals surface area contributed by atoms with E-state index in [1.165, 1.54) is 5.56 Å². The van der Waals surface area contributed by atoms with Gasteiger partial charge < -0.3 is 4.74 Å². The van der Waals surface area contributed by atoms with Crippen LogP contribution in [0.2, 0.25) is 0 Å². The lowest BCUT2D eigenvalue weighted by Gasteiger charge is -2.19. The van der Waals surface area contributed by atoms with E-state index in [1.807, 2.05) is 31.1 Å². The minimum atomic E-state index is 0.218. The van der Waals surface area contributed by atoms with Crippen molar-refractivity contribution in [1.82, 2.24) is 10.5 Å². The SMILES string of the molecule is COc1ccc(C2C(C)=NNN2C)cc1. The number of hydrogen-bond donors (Lipinski definition) is 1. The van der Waals surface area contributed by atoms with Gasteiger partial charge in [-0.2, -0.15) is 10.1 Å². The van der Waals surface area contributed by atoms with E-state index < -0.39 is 0 Å². The van der Waals surface area contributed by atoms with Gasteiger partial charge in [-0.15, -0.1) is 0 Å². The maximum Gasteiger partial charge on any atom is 0.118 e. The fraction of sp³-hybridized carbons (Fsp3) is 0.364. The summed E-state index contributed by atoms with van der Waals surface area (Å²) in [6, 6.07) is 8.28. The maximum atomic E-state index is 5.13. The second kappa shape index (κ2) is 3.90. The van der Waals surface area contributed by atoms with E-state index >= 15 is 0 Å². The molecule has 4 heteroatoms. The van der Waals surface area contributed by atoms with Crippen LogP contribution in [0, 0.1) is 0 Å². The molecule has 1 aromatic carbocycles. The predicted octanol–water partition coefficient (Wildman–Crippen LogP) is 1.56. The molecule has 1 atom stereocenters. The van der Waals surface area contributed by atoms with Gasteiger partial charge in [0, 0.05) is 7.05 Å². The summed E-state index contributed by atoms with van der Waals surface area (Å²) in [7, 11) is 3.65. The van der Waals surface area contributed by atoms with Gasteiger partial charge in [-0.3, -0.25) is 0 Å². The number of benzene rings is 1. The molecule has 0 bridgehead atoms. The standard InChI is InChI=1S/C11H15N3O/c1-8-11(14(2)13-12-8)9-4-6-10(15-3)7-5-9/h4-7,11,13H,1-3H3. The van der Waals surface area contributed by atoms with Crippen LogP contribution in [0.1, 0.15) is 18.5 Å². The van der Waals surface area contributed by atoms with Crippen LogP contribution in [0.15, 0.2) is 29.4 Å². The van der Waals surface area contributed by atoms with Crippen LogP contribution in [0.25, 0.3) is 0 Å². The molecule has 0 aromatic heterocycles. The molecule has 80 valence electrons. The van der Waals surface area contributed by atoms with Gasteiger partial charge in [0.05, 0.1) is 18.9 Å². The zero-order valence-corrected chi connectivity index (χ0v) is 9.19. The molecule has 1 aliphatic rings. The van der Waals surface area contributed by atoms with Crippen LogP contribution >= 0.6 is 0 Å². The molecule has 0 saturated carbocycles. The first kappa shape index (κ1) is 9.98. The third-order valence-corrected chi connectivity index (χ3v) is 2.60. The van der Waals surface area contributed by atoms with Gasteiger partial charge in [0.2, 0.25) is 0 Å². The Kier molecular flexibility index (Phi) is 2.60. The largest absolute Gasteiger partial charge is 0.497 e. The summed E-state index contributed by atoms with van der Waals surface area (Å²) >= 11 is 0. The first-order chi connectivity index (χ1) is 7.22. The highest BCUT2D eigenvalue weighted by Gasteiger charge is 2.24. The fourth-order valence-electron chi connectivity index (χ4n) is 1.81. The number of hydrazone groups is 1. The van der Waals surface area contributed by atoms with Gasteiger partial charge in [0.25, 0.3) is 0 Å². The average Bonchev–Trinajstić information content (AvgIpc) is 2.59. The summed E-state index contributed by atoms with van der Waals surface area (Å²) in [6.07, 6.45) is 0. The minimum Gasteiger partial charge on any atom is -0.497 e. The number of hydrogen-bond acceptors (Lipinski definition) is 4. The van der Waals surface area contributed by atoms with Crippen molar-refractivity contribution in [3.63, 3.8) is 0 Å². The average molecular weight is 205 g/mol. The lowest BCUT2D eigenvalue weighted by Crippen LogP contribution is -2.29. The highest BCUT2D eigenvalue weighted by Crippen LogP contribution is 2.24. The molecule has 2 rings (SSSR count). The first-order valence-electron chi connectivity index (χ1n) is 4.89. The molecular weight excluding hydrogens is 190 g/mol. The molecule has 1 aliphatic heterocycles. The normalized spacial score (nSPS) is 21.0. The molecule has 1 heterocycles. The van der Waals surface area contributed by atoms with Gasteiger partial charge in [0.15, 0.2) is 0 Å². The number of ether oxygens (including phenoxy) is 1. The number of hydrazine groups is 1. The van der Waals surface area contributed by atoms with Crippen LogP contribution < -0.4 is 10.3 Å². The van der Waals surface area contributed by atoms with Crippen LogP contribution in [0.3, 0.4) is 0 Å². The lowest BCUT2D eigenvalue weighted by molar-refractivity contribution is 0.239. The molecular formula is C11H15N3O. The van der Waals surface area contributed by atoms with Crippen molar-refractivity contribution >= 4 is 5.71 Å². The fourth-order valence-corrected chi connectivity index (χ4v) is 1.81. The van der Waals surface area contributed by atoms with E-state index in [9.17, 15) is 0 Å². The van der Waals surface area contributed by atoms with Gasteiger partial charge >= 0.3 is 0 Å². The molecule has 1 aromatic rings. The third kappa shape index (κ3) is 1.80. The molecule has 1 N–H and O–H groups in total. The molecule has 0 aliphatic carbocycles. The molecule has 1 unspecified atom stereocenters. The third-order valence-electron chi connectivity index (χ3n) is 2.60. The first-order valence-corrected chi connectivity index (χ1v) is 4.89. The van der Waals surface area contributed by atoms with E-state index in [0.717, 1.165) is 11.5 Å². The van der Waals surface area contributed by atoms with Crippen LogP contribution in [-0.2, 0) is 0 Å². The molecule has 0 saturated heterocycles. The van der Waals surface area contributed by atoms with Crippen LogP contribution in [0.4, 0.5) is 0 Å². The van der Waals surface area contributed by atoms with Crippen LogP contribution in [-0.4, -0.2) is 24.9 Å². The van der Waals surface area contributed by atoms with Crippen molar-refractivity contribution < 1.29 is 4.74 Å². The van der Waals surface area contributed by atoms with E-state index in [-0.39, 0.29) is 6.04 Å². The summed E-state index contributed by atoms with van der Waals surface area (Å²) < 4.78 is 5.13. The van der Waals surface area contributed by atoms with E-state index in [0.29, 0.717) is 0 Å². The van der Waals surface area contributed by atoms with Crippen molar-refractivity contribution in [1.29, 1.82) is 0 Å². The summed E-state index contributed by atoms with van der Waals surface area (Å²) in [5, 5.41) is 6.16. The second-order valence-electron chi connectivity index (χ2n) is 3.64. The van der Waals surface area contributed by atoms with Crippen molar-refractivity contribution in [3.05, 3.63) is 29.8 Å². The number of rotatable bonds is 2. The summed E-state index contributed by atoms with van der Waals surface area (Å²) in [5.74, 6) is 0.877. The Labute approximate surface area is 89.5 Å². The Balaban J connectivity index is 2.25. The molecule has 15 heavy (non-hydrogen) atoms. The molecule has 0 radical (unpaired) electrons. The van der Waals surface area contributed by atoms with E-state index in [1.54, 1.807) is 7.11 Å². The Morgan fingerprint density at radius 2 is 2.00 bits per heavy atom. The Morgan fingerprint density at radius 3 is 2.47 bits per heavy atom. The smallest absolute Gasteiger partial charge is 0.118 e. The quantitative estimate of drug-likeness (QED) is 0.796. The monoisotopic (exact) mass is 205 g/mol. The van der Waals surface area contributed by atoms with Gasteiger partial charge in [-0.1, -0.05) is 12.1 Å². The van der Waals surface area contributed by atoms with Gasteiger partial charge in [-0.05, 0) is 24.6 Å². The highest BCUT2D eigenvalue weighted by atomic mass is 16.5. The molecule has 4 nitrogen and oxygen atoms in total. The number of methoxy groups -OCH3 is 1. The van der Waals surface area contributed by atoms with Crippen molar-refractivity contribution in [2.24, 2.45) is 5.10 Å². The molecule has 0 fully saturated rings.